The Morgan fingerprint density at radius 2 is 2.05 bits per heavy atom. The Morgan fingerprint density at radius 3 is 2.53 bits per heavy atom. The Morgan fingerprint density at radius 1 is 1.42 bits per heavy atom. The van der Waals surface area contributed by atoms with Gasteiger partial charge < -0.3 is 14.5 Å². The van der Waals surface area contributed by atoms with Gasteiger partial charge in [-0.2, -0.15) is 0 Å². The molecule has 0 aliphatic heterocycles. The maximum atomic E-state index is 12.6. The first-order valence-corrected chi connectivity index (χ1v) is 4.90. The van der Waals surface area contributed by atoms with Crippen LogP contribution in [-0.2, 0) is 22.6 Å². The smallest absolute Gasteiger partial charge is 0.469 e. The molecule has 0 unspecified atom stereocenters. The number of aromatic amines is 1. The number of rotatable bonds is 4. The van der Waals surface area contributed by atoms with Gasteiger partial charge in [0.15, 0.2) is 5.43 Å². The molecule has 1 aromatic heterocycles. The fourth-order valence-corrected chi connectivity index (χ4v) is 1.31. The summed E-state index contributed by atoms with van der Waals surface area (Å²) >= 11 is 0. The lowest BCUT2D eigenvalue weighted by Gasteiger charge is -2.11. The summed E-state index contributed by atoms with van der Waals surface area (Å²) in [5.74, 6) is -1.76. The zero-order valence-corrected chi connectivity index (χ0v) is 9.64. The molecule has 0 atom stereocenters. The summed E-state index contributed by atoms with van der Waals surface area (Å²) in [7, 11) is 1.05. The summed E-state index contributed by atoms with van der Waals surface area (Å²) in [5, 5.41) is 0. The van der Waals surface area contributed by atoms with E-state index in [1.54, 1.807) is 0 Å². The highest BCUT2D eigenvalue weighted by atomic mass is 19.4. The minimum absolute atomic E-state index is 0.318. The second-order valence-electron chi connectivity index (χ2n) is 3.39. The number of carbonyl (C=O) groups excluding carboxylic acids is 1. The molecule has 1 rings (SSSR count). The minimum atomic E-state index is -5.01. The van der Waals surface area contributed by atoms with Crippen LogP contribution in [0.2, 0.25) is 0 Å². The molecule has 0 radical (unpaired) electrons. The summed E-state index contributed by atoms with van der Waals surface area (Å²) in [6.45, 7) is -1.23. The van der Waals surface area contributed by atoms with Crippen LogP contribution in [0.3, 0.4) is 0 Å². The number of carbonyl (C=O) groups is 1. The predicted molar refractivity (Wildman–Crippen MR) is 54.3 cm³/mol. The molecule has 1 aromatic rings. The van der Waals surface area contributed by atoms with Gasteiger partial charge in [0.25, 0.3) is 0 Å². The molecule has 1 heterocycles. The maximum Gasteiger partial charge on any atom is 0.574 e. The number of alkyl halides is 4. The van der Waals surface area contributed by atoms with Crippen molar-refractivity contribution in [1.29, 1.82) is 0 Å². The molecule has 0 spiro atoms. The molecule has 0 bridgehead atoms. The molecule has 19 heavy (non-hydrogen) atoms. The second-order valence-corrected chi connectivity index (χ2v) is 3.39. The molecule has 0 saturated carbocycles. The topological polar surface area (TPSA) is 68.4 Å². The minimum Gasteiger partial charge on any atom is -0.469 e. The molecule has 0 fully saturated rings. The highest BCUT2D eigenvalue weighted by molar-refractivity contribution is 5.72. The van der Waals surface area contributed by atoms with Crippen molar-refractivity contribution in [1.82, 2.24) is 4.98 Å². The third kappa shape index (κ3) is 4.27. The first-order chi connectivity index (χ1) is 8.76. The van der Waals surface area contributed by atoms with Crippen LogP contribution in [0.5, 0.6) is 5.88 Å². The maximum absolute atomic E-state index is 12.6. The number of aromatic nitrogens is 1. The van der Waals surface area contributed by atoms with Crippen LogP contribution in [0.1, 0.15) is 11.3 Å². The molecular formula is C10H9F4NO4. The average Bonchev–Trinajstić information content (AvgIpc) is 2.26. The van der Waals surface area contributed by atoms with Gasteiger partial charge >= 0.3 is 12.3 Å². The van der Waals surface area contributed by atoms with Crippen molar-refractivity contribution in [3.63, 3.8) is 0 Å². The third-order valence-corrected chi connectivity index (χ3v) is 2.11. The number of pyridine rings is 1. The molecule has 5 nitrogen and oxygen atoms in total. The number of hydrogen-bond donors (Lipinski definition) is 1. The zero-order chi connectivity index (χ0) is 14.6. The van der Waals surface area contributed by atoms with Gasteiger partial charge in [0.05, 0.1) is 19.1 Å². The van der Waals surface area contributed by atoms with Crippen LogP contribution in [0.4, 0.5) is 17.6 Å². The van der Waals surface area contributed by atoms with E-state index < -0.39 is 42.3 Å². The Kier molecular flexibility index (Phi) is 4.52. The van der Waals surface area contributed by atoms with Crippen LogP contribution in [-0.4, -0.2) is 24.4 Å². The van der Waals surface area contributed by atoms with Crippen molar-refractivity contribution in [3.8, 4) is 5.88 Å². The molecule has 9 heteroatoms. The van der Waals surface area contributed by atoms with E-state index in [4.69, 9.17) is 0 Å². The predicted octanol–water partition coefficient (Wildman–Crippen LogP) is 1.46. The van der Waals surface area contributed by atoms with Crippen molar-refractivity contribution < 1.29 is 31.8 Å². The van der Waals surface area contributed by atoms with Gasteiger partial charge in [-0.3, -0.25) is 9.59 Å². The Bertz CT molecular complexity index is 523. The summed E-state index contributed by atoms with van der Waals surface area (Å²) in [4.78, 5) is 24.5. The molecule has 0 aromatic carbocycles. The highest BCUT2D eigenvalue weighted by Crippen LogP contribution is 2.21. The van der Waals surface area contributed by atoms with Crippen LogP contribution < -0.4 is 10.2 Å². The van der Waals surface area contributed by atoms with Gasteiger partial charge in [-0.25, -0.2) is 4.39 Å². The molecule has 106 valence electrons. The molecule has 0 aliphatic carbocycles. The molecule has 0 saturated heterocycles. The van der Waals surface area contributed by atoms with Gasteiger partial charge in [-0.1, -0.05) is 0 Å². The van der Waals surface area contributed by atoms with E-state index in [9.17, 15) is 27.2 Å². The third-order valence-electron chi connectivity index (χ3n) is 2.11. The Balaban J connectivity index is 3.18. The fraction of sp³-hybridized carbons (Fsp3) is 0.400. The first-order valence-electron chi connectivity index (χ1n) is 4.90. The van der Waals surface area contributed by atoms with Gasteiger partial charge in [0.1, 0.15) is 6.67 Å². The van der Waals surface area contributed by atoms with E-state index in [0.29, 0.717) is 6.07 Å². The number of methoxy groups -OCH3 is 1. The summed E-state index contributed by atoms with van der Waals surface area (Å²) in [6, 6.07) is 0.461. The van der Waals surface area contributed by atoms with Gasteiger partial charge in [0.2, 0.25) is 5.88 Å². The number of halogens is 4. The number of nitrogens with one attached hydrogen (secondary N) is 1. The molecule has 0 aliphatic rings. The van der Waals surface area contributed by atoms with E-state index in [1.807, 2.05) is 4.98 Å². The van der Waals surface area contributed by atoms with Crippen LogP contribution in [0.25, 0.3) is 0 Å². The molecular weight excluding hydrogens is 274 g/mol. The van der Waals surface area contributed by atoms with E-state index in [2.05, 4.69) is 9.47 Å². The lowest BCUT2D eigenvalue weighted by Crippen LogP contribution is -2.22. The van der Waals surface area contributed by atoms with Gasteiger partial charge in [-0.15, -0.1) is 13.2 Å². The lowest BCUT2D eigenvalue weighted by atomic mass is 10.1. The van der Waals surface area contributed by atoms with E-state index in [1.165, 1.54) is 0 Å². The quantitative estimate of drug-likeness (QED) is 0.671. The normalized spacial score (nSPS) is 11.2. The van der Waals surface area contributed by atoms with Crippen LogP contribution in [0, 0.1) is 0 Å². The average molecular weight is 283 g/mol. The summed E-state index contributed by atoms with van der Waals surface area (Å²) in [5.41, 5.74) is -1.76. The van der Waals surface area contributed by atoms with E-state index >= 15 is 0 Å². The lowest BCUT2D eigenvalue weighted by molar-refractivity contribution is -0.276. The van der Waals surface area contributed by atoms with Crippen molar-refractivity contribution in [2.45, 2.75) is 19.5 Å². The van der Waals surface area contributed by atoms with Crippen LogP contribution >= 0.6 is 0 Å². The summed E-state index contributed by atoms with van der Waals surface area (Å²) < 4.78 is 56.4. The molecule has 1 N–H and O–H groups in total. The number of ether oxygens (including phenoxy) is 2. The first kappa shape index (κ1) is 15.0. The highest BCUT2D eigenvalue weighted by Gasteiger charge is 2.32. The van der Waals surface area contributed by atoms with Gasteiger partial charge in [0, 0.05) is 11.8 Å². The number of H-pyrrole nitrogens is 1. The largest absolute Gasteiger partial charge is 0.574 e. The van der Waals surface area contributed by atoms with E-state index in [-0.39, 0.29) is 5.69 Å². The fourth-order valence-electron chi connectivity index (χ4n) is 1.31. The van der Waals surface area contributed by atoms with Crippen LogP contribution in [0.15, 0.2) is 10.9 Å². The van der Waals surface area contributed by atoms with Crippen molar-refractivity contribution in [2.75, 3.05) is 7.11 Å². The SMILES string of the molecule is COC(=O)Cc1[nH]c(OC(F)(F)F)cc(=O)c1CF. The number of esters is 1. The van der Waals surface area contributed by atoms with Crippen molar-refractivity contribution >= 4 is 5.97 Å². The Hall–Kier alpha value is -2.06. The molecule has 0 amide bonds. The standard InChI is InChI=1S/C10H9F4NO4/c1-18-9(17)2-6-5(4-11)7(16)3-8(15-6)19-10(12,13)14/h3H,2,4H2,1H3,(H,15,16). The van der Waals surface area contributed by atoms with Gasteiger partial charge in [-0.05, 0) is 0 Å². The monoisotopic (exact) mass is 283 g/mol. The van der Waals surface area contributed by atoms with Crippen molar-refractivity contribution in [3.05, 3.63) is 27.5 Å². The number of hydrogen-bond acceptors (Lipinski definition) is 4. The Labute approximate surface area is 104 Å². The van der Waals surface area contributed by atoms with E-state index in [0.717, 1.165) is 7.11 Å². The second kappa shape index (κ2) is 5.72. The van der Waals surface area contributed by atoms with Crippen molar-refractivity contribution in [2.24, 2.45) is 0 Å². The zero-order valence-electron chi connectivity index (χ0n) is 9.64. The summed E-state index contributed by atoms with van der Waals surface area (Å²) in [6.07, 6.45) is -5.58.